The first-order chi connectivity index (χ1) is 7.60. The number of hydrogen-bond acceptors (Lipinski definition) is 5. The van der Waals surface area contributed by atoms with Crippen molar-refractivity contribution in [1.29, 1.82) is 0 Å². The summed E-state index contributed by atoms with van der Waals surface area (Å²) in [6.45, 7) is 0.508. The van der Waals surface area contributed by atoms with Crippen LogP contribution in [0.1, 0.15) is 0 Å². The number of hydrogen-bond donors (Lipinski definition) is 3. The maximum atomic E-state index is 10.8. The van der Waals surface area contributed by atoms with E-state index in [0.717, 1.165) is 0 Å². The summed E-state index contributed by atoms with van der Waals surface area (Å²) in [5.74, 6) is -0.700. The molecule has 0 heterocycles. The zero-order valence-electron chi connectivity index (χ0n) is 9.62. The van der Waals surface area contributed by atoms with Crippen LogP contribution in [0.4, 0.5) is 0 Å². The van der Waals surface area contributed by atoms with E-state index < -0.39 is 5.91 Å². The Kier molecular flexibility index (Phi) is 8.41. The first-order valence-electron chi connectivity index (χ1n) is 4.91. The molecule has 2 amide bonds. The third kappa shape index (κ3) is 8.16. The van der Waals surface area contributed by atoms with E-state index in [1.165, 1.54) is 7.05 Å². The van der Waals surface area contributed by atoms with E-state index in [-0.39, 0.29) is 25.2 Å². The Labute approximate surface area is 94.6 Å². The van der Waals surface area contributed by atoms with Crippen LogP contribution in [0.15, 0.2) is 0 Å². The minimum atomic E-state index is -0.513. The SMILES string of the molecule is CNC(=O)COCC(COCC(N)=O)NC. The van der Waals surface area contributed by atoms with Gasteiger partial charge in [0.2, 0.25) is 11.8 Å². The molecule has 0 saturated heterocycles. The van der Waals surface area contributed by atoms with Gasteiger partial charge in [0.05, 0.1) is 19.3 Å². The summed E-state index contributed by atoms with van der Waals surface area (Å²) in [4.78, 5) is 21.2. The molecule has 7 nitrogen and oxygen atoms in total. The molecule has 16 heavy (non-hydrogen) atoms. The van der Waals surface area contributed by atoms with Crippen LogP contribution in [0.25, 0.3) is 0 Å². The third-order valence-corrected chi connectivity index (χ3v) is 1.80. The van der Waals surface area contributed by atoms with Gasteiger partial charge >= 0.3 is 0 Å². The largest absolute Gasteiger partial charge is 0.370 e. The fraction of sp³-hybridized carbons (Fsp3) is 0.778. The molecule has 0 bridgehead atoms. The number of nitrogens with one attached hydrogen (secondary N) is 2. The van der Waals surface area contributed by atoms with Gasteiger partial charge in [-0.3, -0.25) is 9.59 Å². The van der Waals surface area contributed by atoms with Gasteiger partial charge in [-0.15, -0.1) is 0 Å². The molecule has 94 valence electrons. The van der Waals surface area contributed by atoms with Gasteiger partial charge in [0.25, 0.3) is 0 Å². The molecule has 1 unspecified atom stereocenters. The summed E-state index contributed by atoms with van der Waals surface area (Å²) in [5.41, 5.74) is 4.91. The van der Waals surface area contributed by atoms with Crippen LogP contribution in [0.3, 0.4) is 0 Å². The van der Waals surface area contributed by atoms with Gasteiger partial charge in [-0.1, -0.05) is 0 Å². The van der Waals surface area contributed by atoms with Crippen LogP contribution in [0.2, 0.25) is 0 Å². The van der Waals surface area contributed by atoms with Gasteiger partial charge in [-0.05, 0) is 7.05 Å². The number of rotatable bonds is 9. The van der Waals surface area contributed by atoms with Crippen molar-refractivity contribution >= 4 is 11.8 Å². The van der Waals surface area contributed by atoms with Crippen molar-refractivity contribution in [2.75, 3.05) is 40.5 Å². The highest BCUT2D eigenvalue weighted by Gasteiger charge is 2.08. The molecule has 0 fully saturated rings. The Bertz CT molecular complexity index is 223. The summed E-state index contributed by atoms with van der Waals surface area (Å²) in [6.07, 6.45) is 0. The maximum absolute atomic E-state index is 10.8. The lowest BCUT2D eigenvalue weighted by Gasteiger charge is -2.15. The summed E-state index contributed by atoms with van der Waals surface area (Å²) < 4.78 is 10.1. The van der Waals surface area contributed by atoms with Crippen molar-refractivity contribution in [3.8, 4) is 0 Å². The Balaban J connectivity index is 3.58. The van der Waals surface area contributed by atoms with E-state index in [0.29, 0.717) is 13.2 Å². The Morgan fingerprint density at radius 2 is 1.75 bits per heavy atom. The van der Waals surface area contributed by atoms with Crippen molar-refractivity contribution in [1.82, 2.24) is 10.6 Å². The van der Waals surface area contributed by atoms with Gasteiger partial charge in [0.1, 0.15) is 13.2 Å². The first-order valence-corrected chi connectivity index (χ1v) is 4.91. The molecule has 0 aliphatic carbocycles. The van der Waals surface area contributed by atoms with E-state index in [1.807, 2.05) is 0 Å². The average molecular weight is 233 g/mol. The summed E-state index contributed by atoms with van der Waals surface area (Å²) in [7, 11) is 3.28. The molecular formula is C9H19N3O4. The highest BCUT2D eigenvalue weighted by molar-refractivity contribution is 5.76. The second kappa shape index (κ2) is 9.08. The second-order valence-corrected chi connectivity index (χ2v) is 3.16. The molecule has 0 aromatic rings. The van der Waals surface area contributed by atoms with Crippen molar-refractivity contribution < 1.29 is 19.1 Å². The van der Waals surface area contributed by atoms with Crippen LogP contribution in [-0.4, -0.2) is 58.4 Å². The first kappa shape index (κ1) is 14.8. The number of nitrogens with two attached hydrogens (primary N) is 1. The Morgan fingerprint density at radius 3 is 2.19 bits per heavy atom. The van der Waals surface area contributed by atoms with E-state index in [4.69, 9.17) is 15.2 Å². The average Bonchev–Trinajstić information content (AvgIpc) is 2.26. The van der Waals surface area contributed by atoms with E-state index >= 15 is 0 Å². The highest BCUT2D eigenvalue weighted by atomic mass is 16.5. The molecule has 0 aliphatic rings. The molecule has 4 N–H and O–H groups in total. The molecule has 0 saturated carbocycles. The van der Waals surface area contributed by atoms with Crippen molar-refractivity contribution in [2.45, 2.75) is 6.04 Å². The van der Waals surface area contributed by atoms with Gasteiger partial charge in [0.15, 0.2) is 0 Å². The number of carbonyl (C=O) groups excluding carboxylic acids is 2. The van der Waals surface area contributed by atoms with E-state index in [1.54, 1.807) is 7.05 Å². The van der Waals surface area contributed by atoms with Crippen LogP contribution in [0, 0.1) is 0 Å². The smallest absolute Gasteiger partial charge is 0.245 e. The molecular weight excluding hydrogens is 214 g/mol. The monoisotopic (exact) mass is 233 g/mol. The highest BCUT2D eigenvalue weighted by Crippen LogP contribution is 1.88. The quantitative estimate of drug-likeness (QED) is 0.421. The molecule has 0 spiro atoms. The normalized spacial score (nSPS) is 12.1. The molecule has 1 atom stereocenters. The predicted molar refractivity (Wildman–Crippen MR) is 57.7 cm³/mol. The fourth-order valence-corrected chi connectivity index (χ4v) is 0.883. The minimum absolute atomic E-state index is 0.00446. The molecule has 0 radical (unpaired) electrons. The third-order valence-electron chi connectivity index (χ3n) is 1.80. The number of likely N-dealkylation sites (N-methyl/N-ethyl adjacent to an activating group) is 2. The molecule has 0 aromatic carbocycles. The zero-order chi connectivity index (χ0) is 12.4. The van der Waals surface area contributed by atoms with Crippen LogP contribution in [0.5, 0.6) is 0 Å². The van der Waals surface area contributed by atoms with Crippen molar-refractivity contribution in [3.63, 3.8) is 0 Å². The topological polar surface area (TPSA) is 103 Å². The standard InChI is InChI=1S/C9H19N3O4/c1-11-7(3-15-5-8(10)13)4-16-6-9(14)12-2/h7,11H,3-6H2,1-2H3,(H2,10,13)(H,12,14). The Morgan fingerprint density at radius 1 is 1.19 bits per heavy atom. The summed E-state index contributed by atoms with van der Waals surface area (Å²) >= 11 is 0. The Hall–Kier alpha value is -1.18. The lowest BCUT2D eigenvalue weighted by atomic mass is 10.3. The molecule has 0 aliphatic heterocycles. The molecule has 7 heteroatoms. The zero-order valence-corrected chi connectivity index (χ0v) is 9.62. The lowest BCUT2D eigenvalue weighted by Crippen LogP contribution is -2.37. The van der Waals surface area contributed by atoms with Gasteiger partial charge < -0.3 is 25.8 Å². The van der Waals surface area contributed by atoms with Gasteiger partial charge in [-0.2, -0.15) is 0 Å². The number of amides is 2. The maximum Gasteiger partial charge on any atom is 0.245 e. The van der Waals surface area contributed by atoms with Gasteiger partial charge in [-0.25, -0.2) is 0 Å². The number of carbonyl (C=O) groups is 2. The van der Waals surface area contributed by atoms with E-state index in [2.05, 4.69) is 10.6 Å². The van der Waals surface area contributed by atoms with Crippen molar-refractivity contribution in [3.05, 3.63) is 0 Å². The van der Waals surface area contributed by atoms with Crippen LogP contribution in [-0.2, 0) is 19.1 Å². The van der Waals surface area contributed by atoms with Crippen molar-refractivity contribution in [2.24, 2.45) is 5.73 Å². The lowest BCUT2D eigenvalue weighted by molar-refractivity contribution is -0.125. The minimum Gasteiger partial charge on any atom is -0.370 e. The summed E-state index contributed by atoms with van der Waals surface area (Å²) in [5, 5.41) is 5.37. The van der Waals surface area contributed by atoms with Crippen LogP contribution < -0.4 is 16.4 Å². The summed E-state index contributed by atoms with van der Waals surface area (Å²) in [6, 6.07) is -0.0796. The van der Waals surface area contributed by atoms with Crippen LogP contribution >= 0.6 is 0 Å². The van der Waals surface area contributed by atoms with E-state index in [9.17, 15) is 9.59 Å². The second-order valence-electron chi connectivity index (χ2n) is 3.16. The fourth-order valence-electron chi connectivity index (χ4n) is 0.883. The predicted octanol–water partition coefficient (Wildman–Crippen LogP) is -2.16. The molecule has 0 aromatic heterocycles. The number of ether oxygens (including phenoxy) is 2. The molecule has 0 rings (SSSR count). The number of primary amides is 1. The van der Waals surface area contributed by atoms with Gasteiger partial charge in [0, 0.05) is 7.05 Å².